The average Bonchev–Trinajstić information content (AvgIpc) is 3.15. The van der Waals surface area contributed by atoms with Crippen LogP contribution in [0.15, 0.2) is 186 Å². The van der Waals surface area contributed by atoms with Crippen molar-refractivity contribution in [2.75, 3.05) is 0 Å². The SMILES string of the molecule is c1ccc(C2=NC(c3cccc(-c4c(-c5ccc(-c6ccccc6)cc5)ccc5ccccc45)c3)=NC(c3ccccc3)N2)cc1. The highest BCUT2D eigenvalue weighted by Crippen LogP contribution is 2.39. The van der Waals surface area contributed by atoms with Gasteiger partial charge in [0.2, 0.25) is 0 Å². The molecule has 1 aliphatic rings. The summed E-state index contributed by atoms with van der Waals surface area (Å²) in [6.45, 7) is 0. The van der Waals surface area contributed by atoms with E-state index in [0.29, 0.717) is 5.84 Å². The Morgan fingerprint density at radius 1 is 0.435 bits per heavy atom. The average molecular weight is 590 g/mol. The fourth-order valence-electron chi connectivity index (χ4n) is 6.24. The molecule has 0 radical (unpaired) electrons. The van der Waals surface area contributed by atoms with Crippen molar-refractivity contribution in [1.82, 2.24) is 5.32 Å². The van der Waals surface area contributed by atoms with Gasteiger partial charge in [-0.05, 0) is 55.8 Å². The van der Waals surface area contributed by atoms with Gasteiger partial charge in [-0.2, -0.15) is 0 Å². The smallest absolute Gasteiger partial charge is 0.159 e. The van der Waals surface area contributed by atoms with Crippen molar-refractivity contribution in [2.45, 2.75) is 6.17 Å². The normalized spacial score (nSPS) is 14.3. The van der Waals surface area contributed by atoms with E-state index in [2.05, 4.69) is 157 Å². The summed E-state index contributed by atoms with van der Waals surface area (Å²) in [6.07, 6.45) is -0.246. The molecule has 0 amide bonds. The Bertz CT molecular complexity index is 2200. The lowest BCUT2D eigenvalue weighted by atomic mass is 9.88. The van der Waals surface area contributed by atoms with Gasteiger partial charge in [0, 0.05) is 11.1 Å². The number of rotatable bonds is 6. The van der Waals surface area contributed by atoms with E-state index in [4.69, 9.17) is 9.98 Å². The van der Waals surface area contributed by atoms with Crippen LogP contribution in [0.3, 0.4) is 0 Å². The molecule has 7 aromatic rings. The molecule has 0 bridgehead atoms. The molecule has 1 atom stereocenters. The molecule has 0 aromatic heterocycles. The summed E-state index contributed by atoms with van der Waals surface area (Å²) in [4.78, 5) is 10.2. The highest BCUT2D eigenvalue weighted by Gasteiger charge is 2.21. The third-order valence-corrected chi connectivity index (χ3v) is 8.55. The zero-order chi connectivity index (χ0) is 30.7. The lowest BCUT2D eigenvalue weighted by molar-refractivity contribution is 0.674. The minimum Gasteiger partial charge on any atom is -0.344 e. The van der Waals surface area contributed by atoms with Crippen LogP contribution in [0.2, 0.25) is 0 Å². The third kappa shape index (κ3) is 5.40. The molecule has 218 valence electrons. The molecule has 1 unspecified atom stereocenters. The molecule has 0 fully saturated rings. The second-order valence-electron chi connectivity index (χ2n) is 11.5. The Morgan fingerprint density at radius 3 is 1.78 bits per heavy atom. The van der Waals surface area contributed by atoms with Crippen LogP contribution in [0.5, 0.6) is 0 Å². The molecule has 46 heavy (non-hydrogen) atoms. The Kier molecular flexibility index (Phi) is 7.26. The molecule has 0 aliphatic carbocycles. The predicted octanol–water partition coefficient (Wildman–Crippen LogP) is 10.3. The number of nitrogens with one attached hydrogen (secondary N) is 1. The van der Waals surface area contributed by atoms with Crippen LogP contribution in [0.1, 0.15) is 22.9 Å². The van der Waals surface area contributed by atoms with E-state index in [0.717, 1.165) is 28.1 Å². The molecular weight excluding hydrogens is 558 g/mol. The van der Waals surface area contributed by atoms with Crippen LogP contribution in [0, 0.1) is 0 Å². The molecule has 0 spiro atoms. The highest BCUT2D eigenvalue weighted by molar-refractivity contribution is 6.14. The molecule has 0 saturated heterocycles. The standard InChI is InChI=1S/C43H31N3/c1-4-13-30(14-5-1)31-23-25-33(26-24-31)39-28-27-32-15-10-11-22-38(32)40(39)36-20-12-21-37(29-36)43-45-41(34-16-6-2-7-17-34)44-42(46-43)35-18-8-3-9-19-35/h1-29,41H,(H,44,45,46). The summed E-state index contributed by atoms with van der Waals surface area (Å²) in [6, 6.07) is 61.8. The van der Waals surface area contributed by atoms with Gasteiger partial charge in [-0.15, -0.1) is 0 Å². The molecular formula is C43H31N3. The van der Waals surface area contributed by atoms with E-state index >= 15 is 0 Å². The summed E-state index contributed by atoms with van der Waals surface area (Å²) in [5.74, 6) is 1.52. The van der Waals surface area contributed by atoms with Crippen molar-refractivity contribution in [2.24, 2.45) is 9.98 Å². The van der Waals surface area contributed by atoms with Crippen molar-refractivity contribution in [3.8, 4) is 33.4 Å². The Balaban J connectivity index is 1.25. The maximum Gasteiger partial charge on any atom is 0.159 e. The van der Waals surface area contributed by atoms with Crippen molar-refractivity contribution >= 4 is 22.4 Å². The lowest BCUT2D eigenvalue weighted by Gasteiger charge is -2.24. The number of hydrogen-bond acceptors (Lipinski definition) is 3. The number of nitrogens with zero attached hydrogens (tertiary/aromatic N) is 2. The molecule has 7 aromatic carbocycles. The molecule has 8 rings (SSSR count). The summed E-state index contributed by atoms with van der Waals surface area (Å²) in [5.41, 5.74) is 10.2. The van der Waals surface area contributed by atoms with Crippen LogP contribution in [-0.2, 0) is 0 Å². The fraction of sp³-hybridized carbons (Fsp3) is 0.0233. The maximum absolute atomic E-state index is 5.13. The van der Waals surface area contributed by atoms with Gasteiger partial charge < -0.3 is 5.32 Å². The van der Waals surface area contributed by atoms with Gasteiger partial charge in [-0.3, -0.25) is 0 Å². The first-order valence-corrected chi connectivity index (χ1v) is 15.6. The summed E-state index contributed by atoms with van der Waals surface area (Å²) < 4.78 is 0. The van der Waals surface area contributed by atoms with Gasteiger partial charge in [0.1, 0.15) is 12.0 Å². The van der Waals surface area contributed by atoms with E-state index in [1.54, 1.807) is 0 Å². The van der Waals surface area contributed by atoms with Crippen LogP contribution in [-0.4, -0.2) is 11.7 Å². The van der Waals surface area contributed by atoms with E-state index in [1.807, 2.05) is 24.3 Å². The molecule has 3 heteroatoms. The maximum atomic E-state index is 5.13. The molecule has 1 aliphatic heterocycles. The largest absolute Gasteiger partial charge is 0.344 e. The number of fused-ring (bicyclic) bond motifs is 1. The zero-order valence-electron chi connectivity index (χ0n) is 25.2. The number of benzene rings is 7. The van der Waals surface area contributed by atoms with Crippen LogP contribution in [0.25, 0.3) is 44.2 Å². The quantitative estimate of drug-likeness (QED) is 0.206. The Morgan fingerprint density at radius 2 is 1.02 bits per heavy atom. The van der Waals surface area contributed by atoms with Gasteiger partial charge in [0.25, 0.3) is 0 Å². The van der Waals surface area contributed by atoms with Crippen LogP contribution in [0.4, 0.5) is 0 Å². The second kappa shape index (κ2) is 12.1. The fourth-order valence-corrected chi connectivity index (χ4v) is 6.24. The first-order chi connectivity index (χ1) is 22.8. The zero-order valence-corrected chi connectivity index (χ0v) is 25.2. The van der Waals surface area contributed by atoms with Gasteiger partial charge in [-0.1, -0.05) is 170 Å². The Hall–Kier alpha value is -6.06. The number of aliphatic imine (C=N–C) groups is 2. The molecule has 0 saturated carbocycles. The summed E-state index contributed by atoms with van der Waals surface area (Å²) in [5, 5.41) is 5.99. The summed E-state index contributed by atoms with van der Waals surface area (Å²) in [7, 11) is 0. The lowest BCUT2D eigenvalue weighted by Crippen LogP contribution is -2.33. The van der Waals surface area contributed by atoms with E-state index in [1.165, 1.54) is 38.6 Å². The van der Waals surface area contributed by atoms with E-state index in [9.17, 15) is 0 Å². The number of hydrogen-bond donors (Lipinski definition) is 1. The van der Waals surface area contributed by atoms with Gasteiger partial charge in [0.15, 0.2) is 5.84 Å². The second-order valence-corrected chi connectivity index (χ2v) is 11.5. The molecule has 1 heterocycles. The number of amidine groups is 2. The predicted molar refractivity (Wildman–Crippen MR) is 192 cm³/mol. The van der Waals surface area contributed by atoms with Gasteiger partial charge in [0.05, 0.1) is 0 Å². The van der Waals surface area contributed by atoms with Gasteiger partial charge >= 0.3 is 0 Å². The van der Waals surface area contributed by atoms with Crippen molar-refractivity contribution in [3.05, 3.63) is 193 Å². The highest BCUT2D eigenvalue weighted by atomic mass is 15.2. The topological polar surface area (TPSA) is 36.8 Å². The minimum absolute atomic E-state index is 0.246. The first-order valence-electron chi connectivity index (χ1n) is 15.6. The third-order valence-electron chi connectivity index (χ3n) is 8.55. The monoisotopic (exact) mass is 589 g/mol. The van der Waals surface area contributed by atoms with Gasteiger partial charge in [-0.25, -0.2) is 9.98 Å². The van der Waals surface area contributed by atoms with E-state index < -0.39 is 0 Å². The van der Waals surface area contributed by atoms with Crippen molar-refractivity contribution in [3.63, 3.8) is 0 Å². The molecule has 3 nitrogen and oxygen atoms in total. The van der Waals surface area contributed by atoms with Crippen molar-refractivity contribution < 1.29 is 0 Å². The Labute approximate surface area is 269 Å². The first kappa shape index (κ1) is 27.5. The van der Waals surface area contributed by atoms with E-state index in [-0.39, 0.29) is 6.17 Å². The molecule has 1 N–H and O–H groups in total. The minimum atomic E-state index is -0.246. The van der Waals surface area contributed by atoms with Crippen molar-refractivity contribution in [1.29, 1.82) is 0 Å². The summed E-state index contributed by atoms with van der Waals surface area (Å²) >= 11 is 0. The van der Waals surface area contributed by atoms with Crippen LogP contribution >= 0.6 is 0 Å². The van der Waals surface area contributed by atoms with Crippen LogP contribution < -0.4 is 5.32 Å².